The van der Waals surface area contributed by atoms with Gasteiger partial charge in [0, 0.05) is 0 Å². The molecule has 1 N–H and O–H groups in total. The van der Waals surface area contributed by atoms with Gasteiger partial charge in [-0.15, -0.1) is 0 Å². The molecule has 0 aliphatic heterocycles. The lowest BCUT2D eigenvalue weighted by molar-refractivity contribution is -0.361. The molecule has 0 saturated heterocycles. The topological polar surface area (TPSA) is 37.0 Å². The summed E-state index contributed by atoms with van der Waals surface area (Å²) >= 11 is 0. The highest BCUT2D eigenvalue weighted by Crippen LogP contribution is 1.52. The normalized spacial score (nSPS) is 4.57. The first-order valence-electron chi connectivity index (χ1n) is 1.71. The Morgan fingerprint density at radius 3 is 1.43 bits per heavy atom. The summed E-state index contributed by atoms with van der Waals surface area (Å²) in [5, 5.41) is 9.82. The average Bonchev–Trinajstić information content (AvgIpc) is 1.69. The van der Waals surface area contributed by atoms with Crippen molar-refractivity contribution in [2.45, 2.75) is 0 Å². The maximum absolute atomic E-state index is 8.57. The average molecular weight is 99.1 g/mol. The quantitative estimate of drug-likeness (QED) is 0.207. The fourth-order valence-corrected chi connectivity index (χ4v) is 0. The third-order valence-corrected chi connectivity index (χ3v) is 0.167. The Balaban J connectivity index is 0. The maximum atomic E-state index is 8.57. The molecule has 0 unspecified atom stereocenters. The predicted molar refractivity (Wildman–Crippen MR) is 31.8 cm³/mol. The molecular formula is C5H9NO. The Hall–Kier alpha value is -1.05. The number of allylic oxidation sites excluding steroid dienone is 2. The van der Waals surface area contributed by atoms with Crippen molar-refractivity contribution in [1.82, 2.24) is 0 Å². The maximum Gasteiger partial charge on any atom is 0.136 e. The van der Waals surface area contributed by atoms with Crippen LogP contribution >= 0.6 is 0 Å². The first kappa shape index (κ1) is 9.34. The molecule has 0 heterocycles. The second kappa shape index (κ2) is 20.3. The fourth-order valence-electron chi connectivity index (χ4n) is 0. The Bertz CT molecular complexity index is 53.1. The third-order valence-electron chi connectivity index (χ3n) is 0.167. The molecule has 0 aromatic carbocycles. The van der Waals surface area contributed by atoms with Gasteiger partial charge in [-0.05, 0) is 0 Å². The molecule has 0 atom stereocenters. The molecule has 0 aromatic rings. The summed E-state index contributed by atoms with van der Waals surface area (Å²) in [5.74, 6) is 0. The highest BCUT2D eigenvalue weighted by molar-refractivity contribution is 5.12. The lowest BCUT2D eigenvalue weighted by atomic mass is 10.6. The lowest BCUT2D eigenvalue weighted by Gasteiger charge is -1.58. The van der Waals surface area contributed by atoms with Crippen LogP contribution in [0.15, 0.2) is 25.3 Å². The minimum atomic E-state index is 1.25. The summed E-state index contributed by atoms with van der Waals surface area (Å²) in [5.41, 5.74) is 0. The zero-order chi connectivity index (χ0) is 6.12. The molecule has 0 saturated carbocycles. The van der Waals surface area contributed by atoms with E-state index in [1.54, 1.807) is 12.2 Å². The second-order valence-corrected chi connectivity index (χ2v) is 0.616. The Kier molecular flexibility index (Phi) is 27.1. The molecule has 2 heteroatoms. The third kappa shape index (κ3) is 17200. The first-order valence-corrected chi connectivity index (χ1v) is 1.71. The van der Waals surface area contributed by atoms with Crippen LogP contribution in [-0.4, -0.2) is 6.72 Å². The smallest absolute Gasteiger partial charge is 0.136 e. The van der Waals surface area contributed by atoms with Crippen molar-refractivity contribution in [3.05, 3.63) is 30.5 Å². The zero-order valence-electron chi connectivity index (χ0n) is 4.18. The minimum absolute atomic E-state index is 1.25. The fraction of sp³-hybridized carbons (Fsp3) is 0. The van der Waals surface area contributed by atoms with Crippen LogP contribution in [0.1, 0.15) is 0 Å². The Labute approximate surface area is 43.5 Å². The highest BCUT2D eigenvalue weighted by atomic mass is 16.4. The molecule has 0 aromatic heterocycles. The van der Waals surface area contributed by atoms with E-state index in [0.717, 1.165) is 0 Å². The predicted octanol–water partition coefficient (Wildman–Crippen LogP) is -0.376. The Morgan fingerprint density at radius 2 is 1.43 bits per heavy atom. The molecule has 0 aliphatic carbocycles. The summed E-state index contributed by atoms with van der Waals surface area (Å²) in [6, 6.07) is 0. The van der Waals surface area contributed by atoms with Crippen molar-refractivity contribution in [3.63, 3.8) is 0 Å². The van der Waals surface area contributed by atoms with Crippen molar-refractivity contribution >= 4 is 6.72 Å². The minimum Gasteiger partial charge on any atom is -0.626 e. The van der Waals surface area contributed by atoms with E-state index >= 15 is 0 Å². The highest BCUT2D eigenvalue weighted by Gasteiger charge is 1.29. The molecule has 0 aliphatic rings. The van der Waals surface area contributed by atoms with Gasteiger partial charge in [0.1, 0.15) is 6.72 Å². The van der Waals surface area contributed by atoms with Gasteiger partial charge in [-0.3, -0.25) is 0 Å². The van der Waals surface area contributed by atoms with Crippen molar-refractivity contribution in [2.75, 3.05) is 0 Å². The van der Waals surface area contributed by atoms with Crippen LogP contribution in [0.2, 0.25) is 0 Å². The van der Waals surface area contributed by atoms with Gasteiger partial charge < -0.3 is 5.21 Å². The SMILES string of the molecule is C=CC=C.C=[NH+][O-]. The summed E-state index contributed by atoms with van der Waals surface area (Å²) in [7, 11) is 0. The van der Waals surface area contributed by atoms with Crippen LogP contribution in [0, 0.1) is 5.21 Å². The number of rotatable bonds is 1. The lowest BCUT2D eigenvalue weighted by Crippen LogP contribution is -2.56. The molecule has 7 heavy (non-hydrogen) atoms. The molecular weight excluding hydrogens is 90.1 g/mol. The van der Waals surface area contributed by atoms with Crippen molar-refractivity contribution < 1.29 is 5.16 Å². The molecule has 0 spiro atoms. The summed E-state index contributed by atoms with van der Waals surface area (Å²) in [4.78, 5) is 0. The standard InChI is InChI=1S/C4H6.CH3NO/c1-3-4-2;1-2-3/h3-4H,1-2H2;2H,1H2. The van der Waals surface area contributed by atoms with Crippen molar-refractivity contribution in [1.29, 1.82) is 0 Å². The van der Waals surface area contributed by atoms with Crippen molar-refractivity contribution in [3.8, 4) is 0 Å². The van der Waals surface area contributed by atoms with Crippen LogP contribution in [0.5, 0.6) is 0 Å². The van der Waals surface area contributed by atoms with Crippen LogP contribution in [0.3, 0.4) is 0 Å². The van der Waals surface area contributed by atoms with Gasteiger partial charge in [0.15, 0.2) is 0 Å². The van der Waals surface area contributed by atoms with Gasteiger partial charge in [-0.25, -0.2) is 5.16 Å². The van der Waals surface area contributed by atoms with Crippen LogP contribution in [0.4, 0.5) is 0 Å². The van der Waals surface area contributed by atoms with Gasteiger partial charge in [0.05, 0.1) is 0 Å². The van der Waals surface area contributed by atoms with Crippen LogP contribution in [-0.2, 0) is 0 Å². The van der Waals surface area contributed by atoms with E-state index in [1.165, 1.54) is 5.16 Å². The summed E-state index contributed by atoms with van der Waals surface area (Å²) in [6.07, 6.45) is 3.28. The molecule has 40 valence electrons. The molecule has 0 rings (SSSR count). The van der Waals surface area contributed by atoms with Gasteiger partial charge >= 0.3 is 0 Å². The van der Waals surface area contributed by atoms with Crippen molar-refractivity contribution in [2.24, 2.45) is 0 Å². The monoisotopic (exact) mass is 99.1 g/mol. The van der Waals surface area contributed by atoms with Crippen LogP contribution in [0.25, 0.3) is 0 Å². The van der Waals surface area contributed by atoms with Gasteiger partial charge in [-0.2, -0.15) is 0 Å². The molecule has 2 nitrogen and oxygen atoms in total. The number of hydrogen-bond acceptors (Lipinski definition) is 1. The van der Waals surface area contributed by atoms with E-state index in [1.807, 2.05) is 0 Å². The number of hydrogen-bond donors (Lipinski definition) is 1. The Morgan fingerprint density at radius 1 is 1.29 bits per heavy atom. The molecule has 0 fully saturated rings. The number of nitrogens with one attached hydrogen (secondary N) is 1. The van der Waals surface area contributed by atoms with E-state index in [2.05, 4.69) is 19.9 Å². The molecule has 0 radical (unpaired) electrons. The van der Waals surface area contributed by atoms with E-state index in [0.29, 0.717) is 0 Å². The largest absolute Gasteiger partial charge is 0.626 e. The van der Waals surface area contributed by atoms with E-state index in [-0.39, 0.29) is 0 Å². The zero-order valence-corrected chi connectivity index (χ0v) is 4.18. The van der Waals surface area contributed by atoms with Gasteiger partial charge in [-0.1, -0.05) is 25.3 Å². The molecule has 0 amide bonds. The van der Waals surface area contributed by atoms with Crippen LogP contribution < -0.4 is 5.16 Å². The van der Waals surface area contributed by atoms with Gasteiger partial charge in [0.25, 0.3) is 0 Å². The van der Waals surface area contributed by atoms with E-state index in [4.69, 9.17) is 5.21 Å². The van der Waals surface area contributed by atoms with E-state index < -0.39 is 0 Å². The summed E-state index contributed by atoms with van der Waals surface area (Å²) < 4.78 is 0. The van der Waals surface area contributed by atoms with Gasteiger partial charge in [0.2, 0.25) is 0 Å². The summed E-state index contributed by atoms with van der Waals surface area (Å²) in [6.45, 7) is 9.40. The second-order valence-electron chi connectivity index (χ2n) is 0.616. The first-order chi connectivity index (χ1) is 3.33. The van der Waals surface area contributed by atoms with E-state index in [9.17, 15) is 0 Å². The molecule has 0 bridgehead atoms.